The van der Waals surface area contributed by atoms with E-state index in [0.717, 1.165) is 29.6 Å². The summed E-state index contributed by atoms with van der Waals surface area (Å²) in [4.78, 5) is 18.6. The number of rotatable bonds is 7. The molecular weight excluding hydrogens is 519 g/mol. The third kappa shape index (κ3) is 6.08. The van der Waals surface area contributed by atoms with Gasteiger partial charge in [0.25, 0.3) is 0 Å². The molecule has 0 spiro atoms. The van der Waals surface area contributed by atoms with E-state index in [0.29, 0.717) is 12.6 Å². The highest BCUT2D eigenvalue weighted by Crippen LogP contribution is 2.27. The van der Waals surface area contributed by atoms with Crippen molar-refractivity contribution in [1.82, 2.24) is 25.1 Å². The van der Waals surface area contributed by atoms with Gasteiger partial charge in [0.15, 0.2) is 5.96 Å². The van der Waals surface area contributed by atoms with Crippen molar-refractivity contribution >= 4 is 41.3 Å². The number of nitrogens with zero attached hydrogens (tertiary/aromatic N) is 4. The molecule has 3 heterocycles. The predicted octanol–water partition coefficient (Wildman–Crippen LogP) is 4.60. The van der Waals surface area contributed by atoms with Crippen LogP contribution >= 0.6 is 35.3 Å². The SMILES string of the molecule is CN=C(NCC(c1cccs1)N1CCCC1)N(C)Cc1ncc(-c2ccccc2)[nH]1.I. The first-order chi connectivity index (χ1) is 14.7. The Kier molecular flexibility index (Phi) is 8.91. The minimum absolute atomic E-state index is 0. The van der Waals surface area contributed by atoms with Crippen molar-refractivity contribution in [2.24, 2.45) is 4.99 Å². The second-order valence-electron chi connectivity index (χ2n) is 7.67. The molecule has 1 aliphatic rings. The smallest absolute Gasteiger partial charge is 0.193 e. The number of H-pyrrole nitrogens is 1. The molecule has 0 saturated carbocycles. The molecule has 0 amide bonds. The molecule has 4 rings (SSSR count). The largest absolute Gasteiger partial charge is 0.354 e. The Morgan fingerprint density at radius 3 is 2.68 bits per heavy atom. The third-order valence-electron chi connectivity index (χ3n) is 5.58. The number of thiophene rings is 1. The lowest BCUT2D eigenvalue weighted by molar-refractivity contribution is 0.247. The van der Waals surface area contributed by atoms with Crippen LogP contribution in [0.1, 0.15) is 29.6 Å². The Morgan fingerprint density at radius 1 is 1.23 bits per heavy atom. The van der Waals surface area contributed by atoms with Crippen LogP contribution < -0.4 is 5.32 Å². The zero-order valence-corrected chi connectivity index (χ0v) is 21.3. The molecule has 0 aliphatic carbocycles. The van der Waals surface area contributed by atoms with Crippen molar-refractivity contribution in [3.8, 4) is 11.3 Å². The van der Waals surface area contributed by atoms with E-state index < -0.39 is 0 Å². The fourth-order valence-corrected chi connectivity index (χ4v) is 4.88. The maximum Gasteiger partial charge on any atom is 0.193 e. The van der Waals surface area contributed by atoms with Gasteiger partial charge in [-0.15, -0.1) is 35.3 Å². The number of halogens is 1. The van der Waals surface area contributed by atoms with E-state index in [1.54, 1.807) is 0 Å². The highest BCUT2D eigenvalue weighted by molar-refractivity contribution is 14.0. The van der Waals surface area contributed by atoms with Crippen molar-refractivity contribution in [3.05, 3.63) is 64.7 Å². The van der Waals surface area contributed by atoms with Crippen LogP contribution in [0.2, 0.25) is 0 Å². The van der Waals surface area contributed by atoms with E-state index in [1.807, 2.05) is 42.8 Å². The lowest BCUT2D eigenvalue weighted by Gasteiger charge is -2.29. The Bertz CT molecular complexity index is 934. The van der Waals surface area contributed by atoms with Crippen molar-refractivity contribution < 1.29 is 0 Å². The number of imidazole rings is 1. The Morgan fingerprint density at radius 2 is 2.00 bits per heavy atom. The average molecular weight is 551 g/mol. The topological polar surface area (TPSA) is 59.6 Å². The number of guanidine groups is 1. The summed E-state index contributed by atoms with van der Waals surface area (Å²) >= 11 is 1.84. The molecule has 3 aromatic rings. The highest BCUT2D eigenvalue weighted by atomic mass is 127. The van der Waals surface area contributed by atoms with Gasteiger partial charge in [0.05, 0.1) is 24.5 Å². The Balaban J connectivity index is 0.00000272. The molecule has 0 radical (unpaired) electrons. The molecular formula is C23H31IN6S. The highest BCUT2D eigenvalue weighted by Gasteiger charge is 2.24. The van der Waals surface area contributed by atoms with Gasteiger partial charge in [-0.25, -0.2) is 4.98 Å². The van der Waals surface area contributed by atoms with Crippen molar-refractivity contribution in [3.63, 3.8) is 0 Å². The molecule has 0 bridgehead atoms. The van der Waals surface area contributed by atoms with Gasteiger partial charge in [0, 0.05) is 25.5 Å². The maximum atomic E-state index is 4.56. The third-order valence-corrected chi connectivity index (χ3v) is 6.55. The van der Waals surface area contributed by atoms with Gasteiger partial charge in [-0.05, 0) is 42.9 Å². The van der Waals surface area contributed by atoms with E-state index >= 15 is 0 Å². The van der Waals surface area contributed by atoms with Crippen LogP contribution in [-0.4, -0.2) is 59.5 Å². The molecule has 1 aliphatic heterocycles. The first-order valence-electron chi connectivity index (χ1n) is 10.5. The zero-order chi connectivity index (χ0) is 20.8. The lowest BCUT2D eigenvalue weighted by atomic mass is 10.2. The number of aromatic amines is 1. The van der Waals surface area contributed by atoms with Gasteiger partial charge >= 0.3 is 0 Å². The lowest BCUT2D eigenvalue weighted by Crippen LogP contribution is -2.43. The van der Waals surface area contributed by atoms with Gasteiger partial charge in [0.2, 0.25) is 0 Å². The molecule has 1 aromatic carbocycles. The molecule has 1 saturated heterocycles. The van der Waals surface area contributed by atoms with Gasteiger partial charge < -0.3 is 15.2 Å². The van der Waals surface area contributed by atoms with Crippen LogP contribution in [0.4, 0.5) is 0 Å². The zero-order valence-electron chi connectivity index (χ0n) is 18.1. The van der Waals surface area contributed by atoms with Crippen LogP contribution in [0.3, 0.4) is 0 Å². The number of hydrogen-bond donors (Lipinski definition) is 2. The van der Waals surface area contributed by atoms with Gasteiger partial charge in [0.1, 0.15) is 5.82 Å². The molecule has 2 N–H and O–H groups in total. The summed E-state index contributed by atoms with van der Waals surface area (Å²) in [7, 11) is 3.89. The van der Waals surface area contributed by atoms with Crippen LogP contribution in [0.25, 0.3) is 11.3 Å². The summed E-state index contributed by atoms with van der Waals surface area (Å²) in [6.45, 7) is 3.87. The van der Waals surface area contributed by atoms with Gasteiger partial charge in [-0.1, -0.05) is 36.4 Å². The molecule has 1 atom stereocenters. The summed E-state index contributed by atoms with van der Waals surface area (Å²) in [6.07, 6.45) is 4.48. The Labute approximate surface area is 205 Å². The number of likely N-dealkylation sites (tertiary alicyclic amines) is 1. The van der Waals surface area contributed by atoms with E-state index in [9.17, 15) is 0 Å². The van der Waals surface area contributed by atoms with Crippen LogP contribution in [0, 0.1) is 0 Å². The predicted molar refractivity (Wildman–Crippen MR) is 140 cm³/mol. The molecule has 6 nitrogen and oxygen atoms in total. The van der Waals surface area contributed by atoms with E-state index in [-0.39, 0.29) is 24.0 Å². The summed E-state index contributed by atoms with van der Waals surface area (Å²) < 4.78 is 0. The van der Waals surface area contributed by atoms with E-state index in [1.165, 1.54) is 30.8 Å². The van der Waals surface area contributed by atoms with Crippen LogP contribution in [-0.2, 0) is 6.54 Å². The van der Waals surface area contributed by atoms with Crippen LogP contribution in [0.5, 0.6) is 0 Å². The van der Waals surface area contributed by atoms with E-state index in [4.69, 9.17) is 0 Å². The van der Waals surface area contributed by atoms with Gasteiger partial charge in [-0.3, -0.25) is 9.89 Å². The number of nitrogens with one attached hydrogen (secondary N) is 2. The second kappa shape index (κ2) is 11.6. The number of benzene rings is 1. The van der Waals surface area contributed by atoms with Gasteiger partial charge in [-0.2, -0.15) is 0 Å². The minimum Gasteiger partial charge on any atom is -0.354 e. The monoisotopic (exact) mass is 550 g/mol. The first-order valence-corrected chi connectivity index (χ1v) is 11.4. The summed E-state index contributed by atoms with van der Waals surface area (Å²) in [5, 5.41) is 5.76. The molecule has 1 unspecified atom stereocenters. The summed E-state index contributed by atoms with van der Waals surface area (Å²) in [5.74, 6) is 1.81. The number of hydrogen-bond acceptors (Lipinski definition) is 4. The molecule has 31 heavy (non-hydrogen) atoms. The number of aliphatic imine (C=N–C) groups is 1. The fourth-order valence-electron chi connectivity index (χ4n) is 4.02. The summed E-state index contributed by atoms with van der Waals surface area (Å²) in [6, 6.07) is 15.1. The van der Waals surface area contributed by atoms with Crippen LogP contribution in [0.15, 0.2) is 59.0 Å². The van der Waals surface area contributed by atoms with E-state index in [2.05, 4.69) is 66.8 Å². The van der Waals surface area contributed by atoms with Crippen molar-refractivity contribution in [2.45, 2.75) is 25.4 Å². The maximum absolute atomic E-state index is 4.56. The second-order valence-corrected chi connectivity index (χ2v) is 8.65. The molecule has 1 fully saturated rings. The Hall–Kier alpha value is -1.91. The fraction of sp³-hybridized carbons (Fsp3) is 0.391. The first kappa shape index (κ1) is 23.7. The standard InChI is InChI=1S/C23H30N6S.HI/c1-24-23(26-16-20(21-11-8-14-30-21)29-12-6-7-13-29)28(2)17-22-25-15-19(27-22)18-9-4-3-5-10-18;/h3-5,8-11,14-15,20H,6-7,12-13,16-17H2,1-2H3,(H,24,26)(H,25,27);1H. The molecule has 8 heteroatoms. The summed E-state index contributed by atoms with van der Waals surface area (Å²) in [5.41, 5.74) is 2.18. The van der Waals surface area contributed by atoms with Crippen molar-refractivity contribution in [1.29, 1.82) is 0 Å². The normalized spacial score (nSPS) is 15.5. The quantitative estimate of drug-likeness (QED) is 0.257. The number of aromatic nitrogens is 2. The molecule has 166 valence electrons. The minimum atomic E-state index is 0. The average Bonchev–Trinajstić information content (AvgIpc) is 3.55. The van der Waals surface area contributed by atoms with Crippen molar-refractivity contribution in [2.75, 3.05) is 33.7 Å². The molecule has 2 aromatic heterocycles.